The van der Waals surface area contributed by atoms with Crippen LogP contribution < -0.4 is 16.0 Å². The second-order valence-electron chi connectivity index (χ2n) is 8.99. The molecule has 1 amide bonds. The zero-order chi connectivity index (χ0) is 30.6. The van der Waals surface area contributed by atoms with Crippen LogP contribution in [-0.4, -0.2) is 91.6 Å². The van der Waals surface area contributed by atoms with Crippen LogP contribution in [0.4, 0.5) is 8.78 Å². The molecule has 4 N–H and O–H groups in total. The number of halogens is 2. The average Bonchev–Trinajstić information content (AvgIpc) is 3.52. The van der Waals surface area contributed by atoms with Crippen LogP contribution in [0.1, 0.15) is 39.2 Å². The summed E-state index contributed by atoms with van der Waals surface area (Å²) in [4.78, 5) is 25.1. The summed E-state index contributed by atoms with van der Waals surface area (Å²) in [5, 5.41) is 20.0. The van der Waals surface area contributed by atoms with E-state index in [1.165, 1.54) is 29.2 Å². The van der Waals surface area contributed by atoms with Gasteiger partial charge in [-0.25, -0.2) is 8.78 Å². The van der Waals surface area contributed by atoms with Crippen molar-refractivity contribution in [3.8, 4) is 0 Å². The highest BCUT2D eigenvalue weighted by Crippen LogP contribution is 2.14. The first-order valence-electron chi connectivity index (χ1n) is 14.1. The zero-order valence-corrected chi connectivity index (χ0v) is 24.9. The van der Waals surface area contributed by atoms with Gasteiger partial charge in [-0.2, -0.15) is 0 Å². The number of aliphatic imine (C=N–C) groups is 2. The van der Waals surface area contributed by atoms with E-state index in [4.69, 9.17) is 0 Å². The second kappa shape index (κ2) is 20.6. The van der Waals surface area contributed by atoms with Crippen LogP contribution in [0.3, 0.4) is 0 Å². The minimum Gasteiger partial charge on any atom is -0.377 e. The number of amidine groups is 1. The molecule has 1 saturated heterocycles. The number of nitrogens with zero attached hydrogens (tertiary/aromatic N) is 4. The maximum atomic E-state index is 14.3. The third kappa shape index (κ3) is 12.4. The first-order valence-corrected chi connectivity index (χ1v) is 14.1. The minimum atomic E-state index is -0.983. The number of hydrogen-bond acceptors (Lipinski definition) is 7. The van der Waals surface area contributed by atoms with Gasteiger partial charge in [-0.15, -0.1) is 13.2 Å². The molecule has 11 heteroatoms. The molecule has 41 heavy (non-hydrogen) atoms. The van der Waals surface area contributed by atoms with E-state index in [0.717, 1.165) is 31.3 Å². The Bertz CT molecular complexity index is 1040. The van der Waals surface area contributed by atoms with Gasteiger partial charge in [0.25, 0.3) is 5.91 Å². The third-order valence-corrected chi connectivity index (χ3v) is 5.95. The Hall–Kier alpha value is -3.25. The highest BCUT2D eigenvalue weighted by molar-refractivity contribution is 6.37. The Morgan fingerprint density at radius 2 is 1.95 bits per heavy atom. The van der Waals surface area contributed by atoms with E-state index in [1.807, 2.05) is 20.1 Å². The normalized spacial score (nSPS) is 15.0. The van der Waals surface area contributed by atoms with Crippen LogP contribution in [0.15, 0.2) is 65.3 Å². The van der Waals surface area contributed by atoms with Crippen molar-refractivity contribution in [2.24, 2.45) is 9.98 Å². The quantitative estimate of drug-likeness (QED) is 0.111. The van der Waals surface area contributed by atoms with Crippen LogP contribution in [-0.2, 0) is 11.3 Å². The van der Waals surface area contributed by atoms with Gasteiger partial charge in [0.2, 0.25) is 0 Å². The molecular weight excluding hydrogens is 528 g/mol. The lowest BCUT2D eigenvalue weighted by Gasteiger charge is -2.26. The fourth-order valence-electron chi connectivity index (χ4n) is 3.89. The van der Waals surface area contributed by atoms with Gasteiger partial charge >= 0.3 is 0 Å². The number of carbonyl (C=O) groups is 1. The molecule has 1 fully saturated rings. The summed E-state index contributed by atoms with van der Waals surface area (Å²) in [7, 11) is 1.75. The first kappa shape index (κ1) is 35.8. The number of carbonyl (C=O) groups excluding carboxylic acids is 1. The van der Waals surface area contributed by atoms with Gasteiger partial charge in [-0.3, -0.25) is 30.3 Å². The van der Waals surface area contributed by atoms with Crippen LogP contribution in [0.2, 0.25) is 0 Å². The van der Waals surface area contributed by atoms with E-state index in [2.05, 4.69) is 52.1 Å². The third-order valence-electron chi connectivity index (χ3n) is 5.95. The van der Waals surface area contributed by atoms with Gasteiger partial charge in [0.05, 0.1) is 18.8 Å². The summed E-state index contributed by atoms with van der Waals surface area (Å²) in [6, 6.07) is 3.88. The van der Waals surface area contributed by atoms with E-state index in [9.17, 15) is 18.7 Å². The highest BCUT2D eigenvalue weighted by Gasteiger charge is 2.22. The summed E-state index contributed by atoms with van der Waals surface area (Å²) >= 11 is 0. The van der Waals surface area contributed by atoms with Gasteiger partial charge in [-0.1, -0.05) is 51.1 Å². The standard InChI is InChI=1S/C28H41F2N7O2.C2H6/c1-5-10-23(26-32-15-16-33-26)31-14-9-18-36(4)24(38)19-35-28(39)27(34-13-6-2)37(17-7-3)20-21-11-8-12-22(29)25(21)30;1-2/h6-8,10-12,14,24,26,32-33,38H,2-3,5,9,13,15-20H2,1,4H3,(H,35,39);1-2H3/b23-10-,31-14?,34-27?;. The summed E-state index contributed by atoms with van der Waals surface area (Å²) in [5.41, 5.74) is 1.02. The zero-order valence-electron chi connectivity index (χ0n) is 24.9. The molecule has 1 unspecified atom stereocenters. The van der Waals surface area contributed by atoms with Gasteiger partial charge < -0.3 is 15.3 Å². The molecule has 1 aliphatic heterocycles. The lowest BCUT2D eigenvalue weighted by Crippen LogP contribution is -2.48. The maximum Gasteiger partial charge on any atom is 0.286 e. The van der Waals surface area contributed by atoms with Crippen molar-refractivity contribution < 1.29 is 18.7 Å². The molecule has 0 aliphatic carbocycles. The monoisotopic (exact) mass is 575 g/mol. The van der Waals surface area contributed by atoms with Crippen molar-refractivity contribution in [3.63, 3.8) is 0 Å². The largest absolute Gasteiger partial charge is 0.377 e. The smallest absolute Gasteiger partial charge is 0.286 e. The lowest BCUT2D eigenvalue weighted by atomic mass is 10.2. The number of allylic oxidation sites excluding steroid dienone is 1. The minimum absolute atomic E-state index is 0.00446. The first-order chi connectivity index (χ1) is 19.8. The van der Waals surface area contributed by atoms with E-state index in [1.54, 1.807) is 11.9 Å². The summed E-state index contributed by atoms with van der Waals surface area (Å²) < 4.78 is 28.0. The molecule has 0 spiro atoms. The van der Waals surface area contributed by atoms with Gasteiger partial charge in [0.15, 0.2) is 17.5 Å². The molecule has 1 aromatic carbocycles. The SMILES string of the molecule is C=CCN=C(C(=O)NCC(O)N(C)CCC=N/C(=C\CC)C1NCCN1)N(CC=C)Cc1cccc(F)c1F.CC. The summed E-state index contributed by atoms with van der Waals surface area (Å²) in [6.45, 7) is 15.9. The number of aliphatic hydroxyl groups excluding tert-OH is 1. The Morgan fingerprint density at radius 1 is 1.24 bits per heavy atom. The number of nitrogens with one attached hydrogen (secondary N) is 3. The number of rotatable bonds is 15. The molecule has 2 rings (SSSR count). The van der Waals surface area contributed by atoms with E-state index in [0.29, 0.717) is 13.0 Å². The molecule has 9 nitrogen and oxygen atoms in total. The van der Waals surface area contributed by atoms with Crippen molar-refractivity contribution in [1.82, 2.24) is 25.8 Å². The molecule has 1 atom stereocenters. The van der Waals surface area contributed by atoms with Crippen molar-refractivity contribution in [2.75, 3.05) is 46.3 Å². The number of benzene rings is 1. The molecule has 0 aromatic heterocycles. The molecular formula is C30H47F2N7O2. The second-order valence-corrected chi connectivity index (χ2v) is 8.99. The highest BCUT2D eigenvalue weighted by atomic mass is 19.2. The van der Waals surface area contributed by atoms with Crippen molar-refractivity contribution >= 4 is 18.0 Å². The maximum absolute atomic E-state index is 14.3. The summed E-state index contributed by atoms with van der Waals surface area (Å²) in [5.74, 6) is -2.51. The molecule has 1 aliphatic rings. The Labute approximate surface area is 243 Å². The van der Waals surface area contributed by atoms with Gasteiger partial charge in [0.1, 0.15) is 12.4 Å². The van der Waals surface area contributed by atoms with E-state index >= 15 is 0 Å². The van der Waals surface area contributed by atoms with Crippen LogP contribution in [0, 0.1) is 11.6 Å². The predicted molar refractivity (Wildman–Crippen MR) is 164 cm³/mol. The van der Waals surface area contributed by atoms with Crippen molar-refractivity contribution in [2.45, 2.75) is 52.6 Å². The van der Waals surface area contributed by atoms with Crippen LogP contribution in [0.25, 0.3) is 0 Å². The van der Waals surface area contributed by atoms with Crippen molar-refractivity contribution in [1.29, 1.82) is 0 Å². The predicted octanol–water partition coefficient (Wildman–Crippen LogP) is 3.20. The van der Waals surface area contributed by atoms with Gasteiger partial charge in [-0.05, 0) is 26.0 Å². The van der Waals surface area contributed by atoms with E-state index < -0.39 is 23.8 Å². The Kier molecular flexibility index (Phi) is 18.0. The van der Waals surface area contributed by atoms with Crippen LogP contribution >= 0.6 is 0 Å². The van der Waals surface area contributed by atoms with Crippen LogP contribution in [0.5, 0.6) is 0 Å². The number of likely N-dealkylation sites (N-methyl/N-ethyl adjacent to an activating group) is 1. The Morgan fingerprint density at radius 3 is 2.59 bits per heavy atom. The average molecular weight is 576 g/mol. The number of aliphatic hydroxyl groups is 1. The molecule has 1 heterocycles. The molecule has 1 aromatic rings. The molecule has 0 saturated carbocycles. The fraction of sp³-hybridized carbons (Fsp3) is 0.500. The Balaban J connectivity index is 0.00000411. The number of amides is 1. The topological polar surface area (TPSA) is 105 Å². The molecule has 0 radical (unpaired) electrons. The lowest BCUT2D eigenvalue weighted by molar-refractivity contribution is -0.116. The molecule has 228 valence electrons. The summed E-state index contributed by atoms with van der Waals surface area (Å²) in [6.07, 6.45) is 7.53. The number of hydrogen-bond donors (Lipinski definition) is 4. The fourth-order valence-corrected chi connectivity index (χ4v) is 3.89. The van der Waals surface area contributed by atoms with E-state index in [-0.39, 0.29) is 43.7 Å². The van der Waals surface area contributed by atoms with Gasteiger partial charge in [0, 0.05) is 44.5 Å². The molecule has 0 bridgehead atoms. The van der Waals surface area contributed by atoms with Crippen molar-refractivity contribution in [3.05, 3.63) is 72.5 Å².